The Morgan fingerprint density at radius 2 is 2.33 bits per heavy atom. The fourth-order valence-electron chi connectivity index (χ4n) is 2.41. The topological polar surface area (TPSA) is 47.3 Å². The molecule has 0 saturated carbocycles. The van der Waals surface area contributed by atoms with E-state index in [4.69, 9.17) is 22.1 Å². The Bertz CT molecular complexity index is 391. The third-order valence-electron chi connectivity index (χ3n) is 3.42. The standard InChI is InChI=1S/C14H21ClN2O/c1-2-18-13-7-6-10(9-11(13)15)14(16)12-5-3-4-8-17-12/h6-7,9,12,14,17H,2-5,8,16H2,1H3. The number of benzene rings is 1. The molecule has 0 spiro atoms. The lowest BCUT2D eigenvalue weighted by atomic mass is 9.93. The van der Waals surface area contributed by atoms with Crippen molar-refractivity contribution in [3.8, 4) is 5.75 Å². The maximum Gasteiger partial charge on any atom is 0.137 e. The zero-order valence-corrected chi connectivity index (χ0v) is 11.5. The second kappa shape index (κ2) is 6.41. The fourth-order valence-corrected chi connectivity index (χ4v) is 2.66. The van der Waals surface area contributed by atoms with Crippen molar-refractivity contribution in [3.05, 3.63) is 28.8 Å². The molecule has 0 bridgehead atoms. The SMILES string of the molecule is CCOc1ccc(C(N)C2CCCCN2)cc1Cl. The van der Waals surface area contributed by atoms with Gasteiger partial charge in [0.05, 0.1) is 11.6 Å². The van der Waals surface area contributed by atoms with Crippen molar-refractivity contribution in [1.29, 1.82) is 0 Å². The van der Waals surface area contributed by atoms with Gasteiger partial charge in [0.25, 0.3) is 0 Å². The Morgan fingerprint density at radius 3 is 2.94 bits per heavy atom. The van der Waals surface area contributed by atoms with E-state index in [1.165, 1.54) is 12.8 Å². The van der Waals surface area contributed by atoms with E-state index in [2.05, 4.69) is 5.32 Å². The van der Waals surface area contributed by atoms with Gasteiger partial charge in [-0.3, -0.25) is 0 Å². The minimum absolute atomic E-state index is 0.00141. The van der Waals surface area contributed by atoms with Crippen molar-refractivity contribution < 1.29 is 4.74 Å². The molecule has 0 amide bonds. The number of halogens is 1. The third-order valence-corrected chi connectivity index (χ3v) is 3.72. The molecule has 1 aliphatic heterocycles. The largest absolute Gasteiger partial charge is 0.492 e. The molecule has 0 aliphatic carbocycles. The summed E-state index contributed by atoms with van der Waals surface area (Å²) in [6.07, 6.45) is 3.62. The van der Waals surface area contributed by atoms with Crippen LogP contribution in [-0.2, 0) is 0 Å². The summed E-state index contributed by atoms with van der Waals surface area (Å²) >= 11 is 6.19. The molecule has 0 radical (unpaired) electrons. The number of rotatable bonds is 4. The van der Waals surface area contributed by atoms with Gasteiger partial charge in [0.2, 0.25) is 0 Å². The lowest BCUT2D eigenvalue weighted by Gasteiger charge is -2.29. The Balaban J connectivity index is 2.10. The van der Waals surface area contributed by atoms with Crippen LogP contribution >= 0.6 is 11.6 Å². The average Bonchev–Trinajstić information content (AvgIpc) is 2.41. The van der Waals surface area contributed by atoms with E-state index >= 15 is 0 Å². The molecule has 1 aromatic rings. The molecule has 18 heavy (non-hydrogen) atoms. The van der Waals surface area contributed by atoms with Crippen molar-refractivity contribution >= 4 is 11.6 Å². The Labute approximate surface area is 114 Å². The summed E-state index contributed by atoms with van der Waals surface area (Å²) in [5.41, 5.74) is 7.37. The van der Waals surface area contributed by atoms with Crippen LogP contribution in [0.4, 0.5) is 0 Å². The van der Waals surface area contributed by atoms with Gasteiger partial charge in [-0.2, -0.15) is 0 Å². The predicted octanol–water partition coefficient (Wildman–Crippen LogP) is 2.88. The maximum atomic E-state index is 6.30. The van der Waals surface area contributed by atoms with Crippen LogP contribution in [0.3, 0.4) is 0 Å². The first kappa shape index (κ1) is 13.7. The first-order valence-corrected chi connectivity index (χ1v) is 7.01. The first-order chi connectivity index (χ1) is 8.72. The van der Waals surface area contributed by atoms with Gasteiger partial charge in [-0.25, -0.2) is 0 Å². The fraction of sp³-hybridized carbons (Fsp3) is 0.571. The van der Waals surface area contributed by atoms with E-state index in [0.717, 1.165) is 24.3 Å². The van der Waals surface area contributed by atoms with Gasteiger partial charge in [0, 0.05) is 12.1 Å². The molecule has 100 valence electrons. The van der Waals surface area contributed by atoms with E-state index < -0.39 is 0 Å². The highest BCUT2D eigenvalue weighted by molar-refractivity contribution is 6.32. The molecule has 1 heterocycles. The third kappa shape index (κ3) is 3.16. The van der Waals surface area contributed by atoms with E-state index in [9.17, 15) is 0 Å². The van der Waals surface area contributed by atoms with Crippen LogP contribution in [0.1, 0.15) is 37.8 Å². The van der Waals surface area contributed by atoms with Crippen LogP contribution in [-0.4, -0.2) is 19.2 Å². The van der Waals surface area contributed by atoms with Gasteiger partial charge in [-0.05, 0) is 44.0 Å². The summed E-state index contributed by atoms with van der Waals surface area (Å²) in [5, 5.41) is 4.12. The van der Waals surface area contributed by atoms with Crippen LogP contribution in [0.5, 0.6) is 5.75 Å². The second-order valence-corrected chi connectivity index (χ2v) is 5.11. The van der Waals surface area contributed by atoms with Crippen LogP contribution in [0.25, 0.3) is 0 Å². The van der Waals surface area contributed by atoms with Crippen molar-refractivity contribution in [2.45, 2.75) is 38.3 Å². The maximum absolute atomic E-state index is 6.30. The molecule has 3 N–H and O–H groups in total. The molecule has 2 atom stereocenters. The van der Waals surface area contributed by atoms with Crippen LogP contribution in [0.15, 0.2) is 18.2 Å². The summed E-state index contributed by atoms with van der Waals surface area (Å²) in [6, 6.07) is 6.20. The van der Waals surface area contributed by atoms with Gasteiger partial charge >= 0.3 is 0 Å². The number of ether oxygens (including phenoxy) is 1. The Hall–Kier alpha value is -0.770. The molecule has 1 aliphatic rings. The number of nitrogens with two attached hydrogens (primary N) is 1. The van der Waals surface area contributed by atoms with Crippen molar-refractivity contribution in [3.63, 3.8) is 0 Å². The molecule has 2 rings (SSSR count). The molecule has 1 fully saturated rings. The van der Waals surface area contributed by atoms with Gasteiger partial charge in [-0.1, -0.05) is 24.1 Å². The molecular formula is C14H21ClN2O. The lowest BCUT2D eigenvalue weighted by Crippen LogP contribution is -2.42. The molecule has 1 saturated heterocycles. The predicted molar refractivity (Wildman–Crippen MR) is 75.2 cm³/mol. The molecule has 3 nitrogen and oxygen atoms in total. The molecule has 4 heteroatoms. The normalized spacial score (nSPS) is 21.6. The summed E-state index contributed by atoms with van der Waals surface area (Å²) in [7, 11) is 0. The van der Waals surface area contributed by atoms with Gasteiger partial charge in [-0.15, -0.1) is 0 Å². The van der Waals surface area contributed by atoms with Gasteiger partial charge in [0.15, 0.2) is 0 Å². The number of nitrogens with one attached hydrogen (secondary N) is 1. The summed E-state index contributed by atoms with van der Waals surface area (Å²) < 4.78 is 5.43. The minimum atomic E-state index is -0.00141. The molecule has 0 aromatic heterocycles. The summed E-state index contributed by atoms with van der Waals surface area (Å²) in [5.74, 6) is 0.728. The average molecular weight is 269 g/mol. The van der Waals surface area contributed by atoms with E-state index in [0.29, 0.717) is 17.7 Å². The first-order valence-electron chi connectivity index (χ1n) is 6.63. The van der Waals surface area contributed by atoms with E-state index in [-0.39, 0.29) is 6.04 Å². The molecular weight excluding hydrogens is 248 g/mol. The zero-order chi connectivity index (χ0) is 13.0. The Morgan fingerprint density at radius 1 is 1.50 bits per heavy atom. The van der Waals surface area contributed by atoms with Gasteiger partial charge in [0.1, 0.15) is 5.75 Å². The smallest absolute Gasteiger partial charge is 0.137 e. The van der Waals surface area contributed by atoms with E-state index in [1.807, 2.05) is 25.1 Å². The van der Waals surface area contributed by atoms with Crippen LogP contribution < -0.4 is 15.8 Å². The quantitative estimate of drug-likeness (QED) is 0.883. The highest BCUT2D eigenvalue weighted by Crippen LogP contribution is 2.29. The Kier molecular flexibility index (Phi) is 4.87. The monoisotopic (exact) mass is 268 g/mol. The highest BCUT2D eigenvalue weighted by atomic mass is 35.5. The van der Waals surface area contributed by atoms with Crippen LogP contribution in [0.2, 0.25) is 5.02 Å². The summed E-state index contributed by atoms with van der Waals surface area (Å²) in [4.78, 5) is 0. The number of hydrogen-bond donors (Lipinski definition) is 2. The minimum Gasteiger partial charge on any atom is -0.492 e. The lowest BCUT2D eigenvalue weighted by molar-refractivity contribution is 0.339. The van der Waals surface area contributed by atoms with Crippen molar-refractivity contribution in [1.82, 2.24) is 5.32 Å². The molecule has 1 aromatic carbocycles. The van der Waals surface area contributed by atoms with Crippen molar-refractivity contribution in [2.75, 3.05) is 13.2 Å². The van der Waals surface area contributed by atoms with Crippen LogP contribution in [0, 0.1) is 0 Å². The number of piperidine rings is 1. The van der Waals surface area contributed by atoms with Crippen molar-refractivity contribution in [2.24, 2.45) is 5.73 Å². The number of hydrogen-bond acceptors (Lipinski definition) is 3. The highest BCUT2D eigenvalue weighted by Gasteiger charge is 2.21. The summed E-state index contributed by atoms with van der Waals surface area (Å²) in [6.45, 7) is 3.63. The molecule has 2 unspecified atom stereocenters. The van der Waals surface area contributed by atoms with Gasteiger partial charge < -0.3 is 15.8 Å². The second-order valence-electron chi connectivity index (χ2n) is 4.71. The zero-order valence-electron chi connectivity index (χ0n) is 10.8. The van der Waals surface area contributed by atoms with E-state index in [1.54, 1.807) is 0 Å².